The second-order valence-electron chi connectivity index (χ2n) is 4.80. The number of hydrogen-bond acceptors (Lipinski definition) is 5. The minimum Gasteiger partial charge on any atom is -0.397 e. The van der Waals surface area contributed by atoms with Crippen LogP contribution < -0.4 is 16.2 Å². The molecule has 19 heavy (non-hydrogen) atoms. The summed E-state index contributed by atoms with van der Waals surface area (Å²) in [7, 11) is -3.71. The van der Waals surface area contributed by atoms with E-state index in [1.54, 1.807) is 0 Å². The quantitative estimate of drug-likeness (QED) is 0.708. The predicted molar refractivity (Wildman–Crippen MR) is 74.2 cm³/mol. The number of primary sulfonamides is 1. The van der Waals surface area contributed by atoms with Crippen LogP contribution in [0, 0.1) is 5.92 Å². The van der Waals surface area contributed by atoms with E-state index in [0.29, 0.717) is 23.8 Å². The highest BCUT2D eigenvalue weighted by Crippen LogP contribution is 2.25. The maximum atomic E-state index is 11.3. The number of nitrogens with two attached hydrogens (primary N) is 2. The van der Waals surface area contributed by atoms with E-state index in [1.807, 2.05) is 6.92 Å². The van der Waals surface area contributed by atoms with E-state index < -0.39 is 10.0 Å². The Balaban J connectivity index is 2.11. The lowest BCUT2D eigenvalue weighted by atomic mass is 10.0. The van der Waals surface area contributed by atoms with E-state index >= 15 is 0 Å². The van der Waals surface area contributed by atoms with Gasteiger partial charge in [0.25, 0.3) is 0 Å². The molecule has 1 aliphatic rings. The van der Waals surface area contributed by atoms with Gasteiger partial charge in [0, 0.05) is 19.1 Å². The number of rotatable bonds is 4. The number of sulfonamides is 1. The van der Waals surface area contributed by atoms with Crippen molar-refractivity contribution < 1.29 is 13.2 Å². The van der Waals surface area contributed by atoms with E-state index in [-0.39, 0.29) is 11.0 Å². The Hall–Kier alpha value is -1.31. The highest BCUT2D eigenvalue weighted by atomic mass is 32.2. The first-order valence-corrected chi connectivity index (χ1v) is 7.70. The van der Waals surface area contributed by atoms with Crippen LogP contribution in [0.2, 0.25) is 0 Å². The third kappa shape index (κ3) is 3.37. The Morgan fingerprint density at radius 2 is 2.21 bits per heavy atom. The van der Waals surface area contributed by atoms with Crippen molar-refractivity contribution in [1.82, 2.24) is 0 Å². The monoisotopic (exact) mass is 285 g/mol. The predicted octanol–water partition coefficient (Wildman–Crippen LogP) is 0.753. The zero-order valence-corrected chi connectivity index (χ0v) is 11.6. The molecule has 0 bridgehead atoms. The maximum Gasteiger partial charge on any atom is 0.238 e. The molecule has 1 fully saturated rings. The van der Waals surface area contributed by atoms with Gasteiger partial charge in [-0.2, -0.15) is 0 Å². The van der Waals surface area contributed by atoms with Gasteiger partial charge in [-0.15, -0.1) is 0 Å². The molecule has 106 valence electrons. The fourth-order valence-corrected chi connectivity index (χ4v) is 2.69. The van der Waals surface area contributed by atoms with E-state index in [9.17, 15) is 8.42 Å². The number of nitrogen functional groups attached to an aromatic ring is 1. The lowest BCUT2D eigenvalue weighted by Gasteiger charge is -2.17. The molecule has 5 N–H and O–H groups in total. The minimum atomic E-state index is -3.71. The molecule has 0 spiro atoms. The topological polar surface area (TPSA) is 107 Å². The Labute approximate surface area is 113 Å². The molecule has 0 amide bonds. The van der Waals surface area contributed by atoms with Crippen LogP contribution in [-0.2, 0) is 14.8 Å². The molecule has 2 atom stereocenters. The first-order valence-electron chi connectivity index (χ1n) is 6.15. The van der Waals surface area contributed by atoms with Crippen molar-refractivity contribution in [1.29, 1.82) is 0 Å². The molecule has 0 radical (unpaired) electrons. The summed E-state index contributed by atoms with van der Waals surface area (Å²) < 4.78 is 28.1. The summed E-state index contributed by atoms with van der Waals surface area (Å²) in [5, 5.41) is 8.27. The summed E-state index contributed by atoms with van der Waals surface area (Å²) in [6, 6.07) is 4.40. The Morgan fingerprint density at radius 1 is 1.47 bits per heavy atom. The molecule has 1 aromatic carbocycles. The summed E-state index contributed by atoms with van der Waals surface area (Å²) in [5.74, 6) is 0.400. The molecule has 2 rings (SSSR count). The van der Waals surface area contributed by atoms with Crippen LogP contribution in [0.25, 0.3) is 0 Å². The molecule has 2 unspecified atom stereocenters. The number of hydrogen-bond donors (Lipinski definition) is 3. The van der Waals surface area contributed by atoms with Gasteiger partial charge in [0.2, 0.25) is 10.0 Å². The zero-order valence-electron chi connectivity index (χ0n) is 10.8. The Kier molecular flexibility index (Phi) is 3.98. The molecule has 1 aliphatic heterocycles. The standard InChI is InChI=1S/C12H19N3O3S/c1-8-9(4-5-18-8)7-15-12-6-10(19(14,16)17)2-3-11(12)13/h2-3,6,8-9,15H,4-5,7,13H2,1H3,(H2,14,16,17). The molecule has 1 saturated heterocycles. The zero-order chi connectivity index (χ0) is 14.0. The lowest BCUT2D eigenvalue weighted by Crippen LogP contribution is -2.21. The van der Waals surface area contributed by atoms with Crippen molar-refractivity contribution >= 4 is 21.4 Å². The average molecular weight is 285 g/mol. The van der Waals surface area contributed by atoms with Gasteiger partial charge >= 0.3 is 0 Å². The Morgan fingerprint density at radius 3 is 2.79 bits per heavy atom. The van der Waals surface area contributed by atoms with Crippen LogP contribution in [0.15, 0.2) is 23.1 Å². The minimum absolute atomic E-state index is 0.0555. The normalized spacial score (nSPS) is 23.5. The van der Waals surface area contributed by atoms with Gasteiger partial charge in [0.1, 0.15) is 0 Å². The average Bonchev–Trinajstić information content (AvgIpc) is 2.72. The van der Waals surface area contributed by atoms with Gasteiger partial charge in [0.15, 0.2) is 0 Å². The third-order valence-electron chi connectivity index (χ3n) is 3.44. The molecule has 0 saturated carbocycles. The van der Waals surface area contributed by atoms with Crippen LogP contribution in [-0.4, -0.2) is 27.7 Å². The van der Waals surface area contributed by atoms with Gasteiger partial charge in [-0.1, -0.05) is 0 Å². The van der Waals surface area contributed by atoms with E-state index in [0.717, 1.165) is 13.0 Å². The molecule has 6 nitrogen and oxygen atoms in total. The van der Waals surface area contributed by atoms with Crippen LogP contribution >= 0.6 is 0 Å². The summed E-state index contributed by atoms with van der Waals surface area (Å²) in [6.07, 6.45) is 1.19. The first-order chi connectivity index (χ1) is 8.88. The van der Waals surface area contributed by atoms with E-state index in [1.165, 1.54) is 18.2 Å². The molecule has 7 heteroatoms. The largest absolute Gasteiger partial charge is 0.397 e. The molecular weight excluding hydrogens is 266 g/mol. The summed E-state index contributed by atoms with van der Waals surface area (Å²) >= 11 is 0. The van der Waals surface area contributed by atoms with Crippen LogP contribution in [0.3, 0.4) is 0 Å². The van der Waals surface area contributed by atoms with Gasteiger partial charge in [-0.3, -0.25) is 0 Å². The van der Waals surface area contributed by atoms with Crippen molar-refractivity contribution in [2.75, 3.05) is 24.2 Å². The van der Waals surface area contributed by atoms with Crippen LogP contribution in [0.5, 0.6) is 0 Å². The van der Waals surface area contributed by atoms with Crippen molar-refractivity contribution in [3.63, 3.8) is 0 Å². The molecular formula is C12H19N3O3S. The molecule has 1 heterocycles. The van der Waals surface area contributed by atoms with E-state index in [2.05, 4.69) is 5.32 Å². The smallest absolute Gasteiger partial charge is 0.238 e. The van der Waals surface area contributed by atoms with Crippen molar-refractivity contribution in [3.05, 3.63) is 18.2 Å². The highest BCUT2D eigenvalue weighted by Gasteiger charge is 2.24. The van der Waals surface area contributed by atoms with Crippen molar-refractivity contribution in [3.8, 4) is 0 Å². The summed E-state index contributed by atoms with van der Waals surface area (Å²) in [5.41, 5.74) is 6.91. The van der Waals surface area contributed by atoms with Gasteiger partial charge in [-0.25, -0.2) is 13.6 Å². The molecule has 0 aromatic heterocycles. The second-order valence-corrected chi connectivity index (χ2v) is 6.36. The SMILES string of the molecule is CC1OCCC1CNc1cc(S(N)(=O)=O)ccc1N. The van der Waals surface area contributed by atoms with Crippen LogP contribution in [0.1, 0.15) is 13.3 Å². The van der Waals surface area contributed by atoms with Gasteiger partial charge in [0.05, 0.1) is 22.4 Å². The molecule has 1 aromatic rings. The number of ether oxygens (including phenoxy) is 1. The number of nitrogens with one attached hydrogen (secondary N) is 1. The number of benzene rings is 1. The summed E-state index contributed by atoms with van der Waals surface area (Å²) in [6.45, 7) is 3.49. The van der Waals surface area contributed by atoms with Crippen molar-refractivity contribution in [2.24, 2.45) is 11.1 Å². The Bertz CT molecular complexity index is 559. The van der Waals surface area contributed by atoms with E-state index in [4.69, 9.17) is 15.6 Å². The lowest BCUT2D eigenvalue weighted by molar-refractivity contribution is 0.108. The first kappa shape index (κ1) is 14.1. The van der Waals surface area contributed by atoms with Gasteiger partial charge in [-0.05, 0) is 31.5 Å². The maximum absolute atomic E-state index is 11.3. The number of anilines is 2. The van der Waals surface area contributed by atoms with Gasteiger partial charge < -0.3 is 15.8 Å². The molecule has 0 aliphatic carbocycles. The second kappa shape index (κ2) is 5.36. The highest BCUT2D eigenvalue weighted by molar-refractivity contribution is 7.89. The summed E-state index contributed by atoms with van der Waals surface area (Å²) in [4.78, 5) is 0.0555. The fourth-order valence-electron chi connectivity index (χ4n) is 2.15. The third-order valence-corrected chi connectivity index (χ3v) is 4.35. The van der Waals surface area contributed by atoms with Crippen LogP contribution in [0.4, 0.5) is 11.4 Å². The fraction of sp³-hybridized carbons (Fsp3) is 0.500. The van der Waals surface area contributed by atoms with Crippen molar-refractivity contribution in [2.45, 2.75) is 24.3 Å².